The van der Waals surface area contributed by atoms with E-state index < -0.39 is 89.2 Å². The number of thiazole rings is 1. The summed E-state index contributed by atoms with van der Waals surface area (Å²) in [5, 5.41) is 40.7. The lowest BCUT2D eigenvalue weighted by Crippen LogP contribution is -2.62. The van der Waals surface area contributed by atoms with Crippen molar-refractivity contribution in [3.05, 3.63) is 29.4 Å². The number of carbonyl (C=O) groups is 2. The van der Waals surface area contributed by atoms with Gasteiger partial charge in [-0.1, -0.05) is 38.9 Å². The molecule has 5 heterocycles. The molecule has 0 aliphatic carbocycles. The van der Waals surface area contributed by atoms with E-state index in [0.717, 1.165) is 11.8 Å². The van der Waals surface area contributed by atoms with Crippen LogP contribution in [0.2, 0.25) is 0 Å². The minimum absolute atomic E-state index is 0.0107. The summed E-state index contributed by atoms with van der Waals surface area (Å²) in [6.45, 7) is 11.7. The van der Waals surface area contributed by atoms with E-state index in [1.54, 1.807) is 46.0 Å². The van der Waals surface area contributed by atoms with Gasteiger partial charge in [0, 0.05) is 24.1 Å². The average molecular weight is 852 g/mol. The fourth-order valence-corrected chi connectivity index (χ4v) is 9.45. The first-order chi connectivity index (χ1) is 27.6. The van der Waals surface area contributed by atoms with Crippen LogP contribution in [0.3, 0.4) is 0 Å². The van der Waals surface area contributed by atoms with Crippen LogP contribution in [-0.2, 0) is 44.7 Å². The second-order valence-corrected chi connectivity index (χ2v) is 18.3. The van der Waals surface area contributed by atoms with Gasteiger partial charge in [-0.3, -0.25) is 4.79 Å². The lowest BCUT2D eigenvalue weighted by Gasteiger charge is -2.48. The number of likely N-dealkylation sites (N-methyl/N-ethyl adjacent to an activating group) is 1. The molecule has 18 heteroatoms. The summed E-state index contributed by atoms with van der Waals surface area (Å²) < 4.78 is 48.3. The summed E-state index contributed by atoms with van der Waals surface area (Å²) in [7, 11) is 3.64. The number of nitrogens with two attached hydrogens (primary N) is 1. The van der Waals surface area contributed by atoms with Crippen LogP contribution in [0.25, 0.3) is 10.6 Å². The third-order valence-corrected chi connectivity index (χ3v) is 13.0. The zero-order chi connectivity index (χ0) is 43.6. The number of fused-ring (bicyclic) bond motifs is 5. The average Bonchev–Trinajstić information content (AvgIpc) is 3.65. The number of aliphatic hydroxyl groups is 3. The van der Waals surface area contributed by atoms with Gasteiger partial charge in [-0.25, -0.2) is 19.2 Å². The third-order valence-electron chi connectivity index (χ3n) is 12.0. The van der Waals surface area contributed by atoms with Crippen molar-refractivity contribution in [1.82, 2.24) is 14.9 Å². The van der Waals surface area contributed by atoms with Gasteiger partial charge in [0.2, 0.25) is 0 Å². The number of Topliss-reactive ketones (excluding diaryl/α,β-unsaturated/α-hetero) is 1. The van der Waals surface area contributed by atoms with Crippen molar-refractivity contribution < 1.29 is 57.8 Å². The van der Waals surface area contributed by atoms with Crippen LogP contribution in [-0.4, -0.2) is 141 Å². The summed E-state index contributed by atoms with van der Waals surface area (Å²) in [6, 6.07) is 4.91. The summed E-state index contributed by atoms with van der Waals surface area (Å²) in [4.78, 5) is 45.3. The Kier molecular flexibility index (Phi) is 14.9. The smallest absolute Gasteiger partial charge is 0.351 e. The molecule has 1 unspecified atom stereocenters. The Hall–Kier alpha value is -3.20. The molecule has 0 amide bonds. The lowest BCUT2D eigenvalue weighted by molar-refractivity contribution is -0.297. The maximum Gasteiger partial charge on any atom is 0.351 e. The Bertz CT molecular complexity index is 1800. The highest BCUT2D eigenvalue weighted by atomic mass is 32.1. The second kappa shape index (κ2) is 18.8. The quantitative estimate of drug-likeness (QED) is 0.169. The molecule has 0 saturated carbocycles. The summed E-state index contributed by atoms with van der Waals surface area (Å²) in [5.74, 6) is -5.14. The maximum absolute atomic E-state index is 16.8. The number of nitrogens with zero attached hydrogens (tertiary/aromatic N) is 4. The highest BCUT2D eigenvalue weighted by Crippen LogP contribution is 2.41. The summed E-state index contributed by atoms with van der Waals surface area (Å²) in [5.41, 5.74) is -0.0180. The summed E-state index contributed by atoms with van der Waals surface area (Å²) in [6.07, 6.45) is -5.80. The predicted octanol–water partition coefficient (Wildman–Crippen LogP) is 3.69. The van der Waals surface area contributed by atoms with Gasteiger partial charge in [-0.15, -0.1) is 11.3 Å². The molecule has 0 aromatic carbocycles. The van der Waals surface area contributed by atoms with Crippen LogP contribution in [0.4, 0.5) is 10.2 Å². The van der Waals surface area contributed by atoms with Crippen LogP contribution >= 0.6 is 11.3 Å². The number of ketones is 1. The van der Waals surface area contributed by atoms with Gasteiger partial charge >= 0.3 is 5.97 Å². The van der Waals surface area contributed by atoms with Crippen molar-refractivity contribution in [2.24, 2.45) is 22.9 Å². The normalized spacial score (nSPS) is 39.9. The molecule has 14 atom stereocenters. The molecule has 0 spiro atoms. The molecule has 2 aromatic heterocycles. The highest BCUT2D eigenvalue weighted by Gasteiger charge is 2.57. The number of hydrogen-bond acceptors (Lipinski definition) is 17. The number of hydrogen-bond donors (Lipinski definition) is 4. The van der Waals surface area contributed by atoms with Gasteiger partial charge in [-0.05, 0) is 79.1 Å². The zero-order valence-corrected chi connectivity index (χ0v) is 36.5. The molecule has 330 valence electrons. The Labute approximate surface area is 349 Å². The zero-order valence-electron chi connectivity index (χ0n) is 35.7. The number of aliphatic hydroxyl groups excluding tert-OH is 2. The minimum atomic E-state index is -3.20. The van der Waals surface area contributed by atoms with E-state index in [9.17, 15) is 24.9 Å². The van der Waals surface area contributed by atoms with Gasteiger partial charge in [0.25, 0.3) is 5.67 Å². The van der Waals surface area contributed by atoms with Crippen molar-refractivity contribution >= 4 is 34.6 Å². The number of halogens is 1. The van der Waals surface area contributed by atoms with Gasteiger partial charge in [0.1, 0.15) is 34.3 Å². The van der Waals surface area contributed by atoms with E-state index >= 15 is 4.39 Å². The van der Waals surface area contributed by atoms with Crippen molar-refractivity contribution in [3.8, 4) is 10.6 Å². The topological polar surface area (TPSA) is 218 Å². The molecule has 2 aromatic rings. The molecule has 3 aliphatic heterocycles. The van der Waals surface area contributed by atoms with Crippen LogP contribution in [0, 0.1) is 17.8 Å². The fraction of sp³-hybridized carbons (Fsp3) is 0.732. The van der Waals surface area contributed by atoms with E-state index in [0.29, 0.717) is 22.9 Å². The Balaban J connectivity index is 1.59. The minimum Gasteiger partial charge on any atom is -0.457 e. The first-order valence-electron chi connectivity index (χ1n) is 20.2. The molecule has 16 nitrogen and oxygen atoms in total. The Morgan fingerprint density at radius 2 is 1.81 bits per heavy atom. The molecule has 3 aliphatic rings. The number of rotatable bonds is 8. The van der Waals surface area contributed by atoms with Gasteiger partial charge in [0.05, 0.1) is 53.8 Å². The molecule has 5 rings (SSSR count). The number of carbonyl (C=O) groups excluding carboxylic acids is 2. The first kappa shape index (κ1) is 46.9. The van der Waals surface area contributed by atoms with Gasteiger partial charge in [-0.2, -0.15) is 0 Å². The number of nitrogen functional groups attached to an aromatic ring is 1. The largest absolute Gasteiger partial charge is 0.457 e. The summed E-state index contributed by atoms with van der Waals surface area (Å²) >= 11 is 1.34. The molecule has 3 fully saturated rings. The molecule has 2 bridgehead atoms. The van der Waals surface area contributed by atoms with Crippen molar-refractivity contribution in [3.63, 3.8) is 0 Å². The van der Waals surface area contributed by atoms with Crippen molar-refractivity contribution in [1.29, 1.82) is 0 Å². The number of cyclic esters (lactones) is 1. The van der Waals surface area contributed by atoms with Crippen molar-refractivity contribution in [2.75, 3.05) is 33.0 Å². The number of esters is 1. The number of pyridine rings is 1. The van der Waals surface area contributed by atoms with Crippen LogP contribution in [0.1, 0.15) is 79.7 Å². The molecular weight excluding hydrogens is 790 g/mol. The monoisotopic (exact) mass is 851 g/mol. The van der Waals surface area contributed by atoms with E-state index in [2.05, 4.69) is 15.1 Å². The third kappa shape index (κ3) is 10.3. The SMILES string of the molecule is CC[C@H]1OC(=O)[C@@](C)(F)C(=O)[C@H](C)[C@@H](O[C@H]2O[C@H](C)C[C@H](N(C)C)[C@H]2O)[C@@]2(C)C[C@@H](C)[C@H](O)[C@H](C)C(OC/C(=N\OCc3ncc(-c4cccc(N)n4)s3)CO2)[C@]1(C)O. The van der Waals surface area contributed by atoms with E-state index in [4.69, 9.17) is 34.3 Å². The van der Waals surface area contributed by atoms with Crippen LogP contribution < -0.4 is 5.73 Å². The standard InChI is InChI=1S/C41H62FN5O11S/c1-11-29-41(8,52)36-23(4)32(48)21(2)16-39(6,54-19-25(18-53-36)46-55-20-31-44-17-28(59-31)26-13-12-14-30(43)45-26)35(24(5)34(50)40(7,42)38(51)57-29)58-37-33(49)27(47(9)10)15-22(3)56-37/h12-14,17,21-24,27,29,32-33,35-37,48-49,52H,11,15-16,18-20H2,1-10H3,(H2,43,45)/b46-25+/t21-,22-,23+,24+,27+,29-,32+,33-,35-,36?,37-,39-,40+,41-/m1/s1. The molecule has 5 N–H and O–H groups in total. The second-order valence-electron chi connectivity index (χ2n) is 17.2. The molecule has 59 heavy (non-hydrogen) atoms. The number of aromatic nitrogens is 2. The van der Waals surface area contributed by atoms with E-state index in [1.165, 1.54) is 25.2 Å². The molecular formula is C41H62FN5O11S. The number of alkyl halides is 1. The van der Waals surface area contributed by atoms with E-state index in [1.807, 2.05) is 32.0 Å². The molecule has 3 saturated heterocycles. The highest BCUT2D eigenvalue weighted by molar-refractivity contribution is 7.15. The maximum atomic E-state index is 16.8. The van der Waals surface area contributed by atoms with Gasteiger partial charge < -0.3 is 54.5 Å². The number of ether oxygens (including phenoxy) is 5. The Morgan fingerprint density at radius 3 is 2.47 bits per heavy atom. The number of anilines is 1. The van der Waals surface area contributed by atoms with Crippen molar-refractivity contribution in [2.45, 2.75) is 147 Å². The van der Waals surface area contributed by atoms with Gasteiger partial charge in [0.15, 0.2) is 18.7 Å². The van der Waals surface area contributed by atoms with E-state index in [-0.39, 0.29) is 44.5 Å². The fourth-order valence-electron chi connectivity index (χ4n) is 8.65. The Morgan fingerprint density at radius 1 is 1.10 bits per heavy atom. The van der Waals surface area contributed by atoms with Crippen LogP contribution in [0.5, 0.6) is 0 Å². The molecule has 0 radical (unpaired) electrons. The number of oxime groups is 1. The lowest BCUT2D eigenvalue weighted by atomic mass is 9.73. The predicted molar refractivity (Wildman–Crippen MR) is 217 cm³/mol. The van der Waals surface area contributed by atoms with Crippen LogP contribution in [0.15, 0.2) is 29.6 Å². The first-order valence-corrected chi connectivity index (χ1v) is 21.0.